The van der Waals surface area contributed by atoms with Crippen LogP contribution in [0.4, 0.5) is 4.39 Å². The van der Waals surface area contributed by atoms with Gasteiger partial charge in [-0.3, -0.25) is 19.4 Å². The molecule has 0 aliphatic rings. The maximum absolute atomic E-state index is 14.7. The van der Waals surface area contributed by atoms with Gasteiger partial charge in [0.1, 0.15) is 29.6 Å². The van der Waals surface area contributed by atoms with E-state index in [-0.39, 0.29) is 29.9 Å². The molecule has 0 aliphatic heterocycles. The Balaban J connectivity index is 1.40. The Morgan fingerprint density at radius 2 is 1.84 bits per heavy atom. The molecule has 0 fully saturated rings. The van der Waals surface area contributed by atoms with Crippen molar-refractivity contribution in [2.75, 3.05) is 6.54 Å². The smallest absolute Gasteiger partial charge is 0.322 e. The summed E-state index contributed by atoms with van der Waals surface area (Å²) in [5.74, 6) is -1.66. The maximum atomic E-state index is 14.7. The number of pyridine rings is 1. The van der Waals surface area contributed by atoms with Crippen LogP contribution in [0.15, 0.2) is 73.1 Å². The zero-order valence-electron chi connectivity index (χ0n) is 20.0. The Kier molecular flexibility index (Phi) is 7.73. The Morgan fingerprint density at radius 3 is 2.59 bits per heavy atom. The zero-order chi connectivity index (χ0) is 26.4. The Morgan fingerprint density at radius 1 is 1.03 bits per heavy atom. The molecule has 4 aromatic rings. The first kappa shape index (κ1) is 25.3. The second kappa shape index (κ2) is 11.3. The number of carboxylic acid groups (broad SMARTS) is 1. The maximum Gasteiger partial charge on any atom is 0.322 e. The fourth-order valence-electron chi connectivity index (χ4n) is 3.75. The second-order valence-electron chi connectivity index (χ2n) is 8.49. The van der Waals surface area contributed by atoms with Crippen molar-refractivity contribution in [3.8, 4) is 22.9 Å². The zero-order valence-corrected chi connectivity index (χ0v) is 20.0. The first-order chi connectivity index (χ1) is 17.8. The van der Waals surface area contributed by atoms with Crippen LogP contribution in [0, 0.1) is 12.7 Å². The van der Waals surface area contributed by atoms with Gasteiger partial charge < -0.3 is 20.1 Å². The molecular formula is C28H24FN3O5. The SMILES string of the molecule is Cc1cccc(CC(=O)Cc2ccc(Oc3ccnc(-c4cc(C(=O)NCC(=O)O)c[nH]4)c3)cc2F)c1. The van der Waals surface area contributed by atoms with Gasteiger partial charge in [0, 0.05) is 37.4 Å². The molecule has 37 heavy (non-hydrogen) atoms. The topological polar surface area (TPSA) is 121 Å². The molecule has 0 atom stereocenters. The molecule has 0 saturated carbocycles. The number of aryl methyl sites for hydroxylation is 1. The number of rotatable bonds is 10. The predicted molar refractivity (Wildman–Crippen MR) is 134 cm³/mol. The number of hydrogen-bond acceptors (Lipinski definition) is 5. The number of hydrogen-bond donors (Lipinski definition) is 3. The number of benzene rings is 2. The highest BCUT2D eigenvalue weighted by molar-refractivity contribution is 5.96. The summed E-state index contributed by atoms with van der Waals surface area (Å²) < 4.78 is 20.5. The van der Waals surface area contributed by atoms with Gasteiger partial charge in [0.15, 0.2) is 0 Å². The minimum absolute atomic E-state index is 0.0192. The van der Waals surface area contributed by atoms with Crippen LogP contribution >= 0.6 is 0 Å². The van der Waals surface area contributed by atoms with Crippen LogP contribution in [0.5, 0.6) is 11.5 Å². The van der Waals surface area contributed by atoms with Gasteiger partial charge in [-0.05, 0) is 36.2 Å². The van der Waals surface area contributed by atoms with Crippen LogP contribution in [0.3, 0.4) is 0 Å². The molecular weight excluding hydrogens is 477 g/mol. The molecule has 1 amide bonds. The van der Waals surface area contributed by atoms with E-state index in [2.05, 4.69) is 15.3 Å². The van der Waals surface area contributed by atoms with Gasteiger partial charge in [-0.25, -0.2) is 4.39 Å². The minimum Gasteiger partial charge on any atom is -0.480 e. The number of ether oxygens (including phenoxy) is 1. The summed E-state index contributed by atoms with van der Waals surface area (Å²) in [4.78, 5) is 42.3. The van der Waals surface area contributed by atoms with Crippen LogP contribution in [-0.4, -0.2) is 39.3 Å². The number of Topliss-reactive ketones (excluding diaryl/α,β-unsaturated/α-hetero) is 1. The fourth-order valence-corrected chi connectivity index (χ4v) is 3.75. The Bertz CT molecular complexity index is 1460. The van der Waals surface area contributed by atoms with Gasteiger partial charge in [0.25, 0.3) is 5.91 Å². The molecule has 0 unspecified atom stereocenters. The quantitative estimate of drug-likeness (QED) is 0.295. The van der Waals surface area contributed by atoms with E-state index in [0.717, 1.165) is 11.1 Å². The molecule has 0 saturated heterocycles. The summed E-state index contributed by atoms with van der Waals surface area (Å²) in [6, 6.07) is 16.8. The third kappa shape index (κ3) is 6.88. The highest BCUT2D eigenvalue weighted by Gasteiger charge is 2.13. The highest BCUT2D eigenvalue weighted by atomic mass is 19.1. The van der Waals surface area contributed by atoms with Crippen LogP contribution in [0.25, 0.3) is 11.4 Å². The van der Waals surface area contributed by atoms with Crippen molar-refractivity contribution in [1.29, 1.82) is 0 Å². The first-order valence-corrected chi connectivity index (χ1v) is 11.4. The average molecular weight is 502 g/mol. The van der Waals surface area contributed by atoms with Gasteiger partial charge >= 0.3 is 5.97 Å². The molecule has 8 nitrogen and oxygen atoms in total. The number of ketones is 1. The van der Waals surface area contributed by atoms with Crippen LogP contribution < -0.4 is 10.1 Å². The molecule has 2 heterocycles. The van der Waals surface area contributed by atoms with Crippen molar-refractivity contribution in [3.05, 3.63) is 101 Å². The highest BCUT2D eigenvalue weighted by Crippen LogP contribution is 2.27. The molecule has 4 rings (SSSR count). The number of aromatic amines is 1. The first-order valence-electron chi connectivity index (χ1n) is 11.4. The van der Waals surface area contributed by atoms with E-state index in [4.69, 9.17) is 9.84 Å². The van der Waals surface area contributed by atoms with E-state index in [0.29, 0.717) is 22.7 Å². The van der Waals surface area contributed by atoms with Crippen LogP contribution in [0.2, 0.25) is 0 Å². The second-order valence-corrected chi connectivity index (χ2v) is 8.49. The van der Waals surface area contributed by atoms with E-state index in [1.807, 2.05) is 31.2 Å². The number of halogens is 1. The molecule has 0 bridgehead atoms. The lowest BCUT2D eigenvalue weighted by Crippen LogP contribution is -2.28. The largest absolute Gasteiger partial charge is 0.480 e. The van der Waals surface area contributed by atoms with E-state index >= 15 is 0 Å². The molecule has 0 aliphatic carbocycles. The summed E-state index contributed by atoms with van der Waals surface area (Å²) >= 11 is 0. The van der Waals surface area contributed by atoms with E-state index in [1.165, 1.54) is 30.6 Å². The number of aromatic nitrogens is 2. The number of H-pyrrole nitrogens is 1. The summed E-state index contributed by atoms with van der Waals surface area (Å²) in [6.07, 6.45) is 3.16. The van der Waals surface area contributed by atoms with Gasteiger partial charge in [-0.15, -0.1) is 0 Å². The molecule has 0 radical (unpaired) electrons. The van der Waals surface area contributed by atoms with Crippen molar-refractivity contribution in [1.82, 2.24) is 15.3 Å². The minimum atomic E-state index is -1.14. The van der Waals surface area contributed by atoms with Gasteiger partial charge in [-0.2, -0.15) is 0 Å². The molecule has 9 heteroatoms. The number of nitrogens with one attached hydrogen (secondary N) is 2. The third-order valence-electron chi connectivity index (χ3n) is 5.48. The van der Waals surface area contributed by atoms with Crippen molar-refractivity contribution in [2.24, 2.45) is 0 Å². The monoisotopic (exact) mass is 501 g/mol. The summed E-state index contributed by atoms with van der Waals surface area (Å²) in [7, 11) is 0. The van der Waals surface area contributed by atoms with E-state index in [1.54, 1.807) is 18.2 Å². The number of nitrogens with zero attached hydrogens (tertiary/aromatic N) is 1. The number of amides is 1. The summed E-state index contributed by atoms with van der Waals surface area (Å²) in [5.41, 5.74) is 3.48. The lowest BCUT2D eigenvalue weighted by molar-refractivity contribution is -0.135. The van der Waals surface area contributed by atoms with Gasteiger partial charge in [0.05, 0.1) is 17.0 Å². The number of carbonyl (C=O) groups excluding carboxylic acids is 2. The standard InChI is InChI=1S/C28H24FN3O5/c1-17-3-2-4-18(9-17)10-21(33)11-19-5-6-22(13-24(19)29)37-23-7-8-30-26(14-23)25-12-20(15-31-25)28(36)32-16-27(34)35/h2-9,12-15,31H,10-11,16H2,1H3,(H,32,36)(H,34,35). The molecule has 0 spiro atoms. The van der Waals surface area contributed by atoms with Crippen LogP contribution in [0.1, 0.15) is 27.0 Å². The van der Waals surface area contributed by atoms with E-state index < -0.39 is 24.2 Å². The van der Waals surface area contributed by atoms with Crippen molar-refractivity contribution in [3.63, 3.8) is 0 Å². The number of aliphatic carboxylic acids is 1. The normalized spacial score (nSPS) is 10.6. The van der Waals surface area contributed by atoms with E-state index in [9.17, 15) is 18.8 Å². The molecule has 2 aromatic carbocycles. The van der Waals surface area contributed by atoms with Crippen molar-refractivity contribution >= 4 is 17.7 Å². The van der Waals surface area contributed by atoms with Crippen LogP contribution in [-0.2, 0) is 22.4 Å². The van der Waals surface area contributed by atoms with Gasteiger partial charge in [-0.1, -0.05) is 35.9 Å². The molecule has 188 valence electrons. The summed E-state index contributed by atoms with van der Waals surface area (Å²) in [5, 5.41) is 11.0. The van der Waals surface area contributed by atoms with Crippen molar-refractivity contribution < 1.29 is 28.6 Å². The number of carbonyl (C=O) groups is 3. The summed E-state index contributed by atoms with van der Waals surface area (Å²) in [6.45, 7) is 1.47. The lowest BCUT2D eigenvalue weighted by Gasteiger charge is -2.09. The average Bonchev–Trinajstić information content (AvgIpc) is 3.35. The lowest BCUT2D eigenvalue weighted by atomic mass is 10.0. The third-order valence-corrected chi connectivity index (χ3v) is 5.48. The Hall–Kier alpha value is -4.79. The number of carboxylic acids is 1. The Labute approximate surface area is 212 Å². The predicted octanol–water partition coefficient (Wildman–Crippen LogP) is 4.49. The molecule has 2 aromatic heterocycles. The molecule has 3 N–H and O–H groups in total. The fraction of sp³-hybridized carbons (Fsp3) is 0.143. The van der Waals surface area contributed by atoms with Gasteiger partial charge in [0.2, 0.25) is 0 Å². The van der Waals surface area contributed by atoms with Crippen molar-refractivity contribution in [2.45, 2.75) is 19.8 Å².